The highest BCUT2D eigenvalue weighted by atomic mass is 16.4. The molecule has 1 aromatic heterocycles. The van der Waals surface area contributed by atoms with Gasteiger partial charge in [-0.15, -0.1) is 10.2 Å². The maximum atomic E-state index is 10.5. The van der Waals surface area contributed by atoms with E-state index >= 15 is 0 Å². The summed E-state index contributed by atoms with van der Waals surface area (Å²) in [5, 5.41) is 10.9. The van der Waals surface area contributed by atoms with Crippen LogP contribution >= 0.6 is 0 Å². The van der Waals surface area contributed by atoms with E-state index in [9.17, 15) is 4.79 Å². The van der Waals surface area contributed by atoms with Crippen LogP contribution in [-0.4, -0.2) is 22.6 Å². The third-order valence-electron chi connectivity index (χ3n) is 2.31. The highest BCUT2D eigenvalue weighted by Gasteiger charge is 2.07. The molecule has 0 aliphatic heterocycles. The molecule has 2 aromatic rings. The molecule has 0 unspecified atom stereocenters. The Kier molecular flexibility index (Phi) is 4.03. The van der Waals surface area contributed by atoms with Crippen molar-refractivity contribution in [1.82, 2.24) is 15.5 Å². The van der Waals surface area contributed by atoms with Crippen LogP contribution in [0.15, 0.2) is 34.7 Å². The number of primary amides is 1. The fourth-order valence-electron chi connectivity index (χ4n) is 1.43. The Bertz CT molecular complexity index is 510. The summed E-state index contributed by atoms with van der Waals surface area (Å²) < 4.78 is 5.48. The van der Waals surface area contributed by atoms with Crippen LogP contribution in [0.1, 0.15) is 12.3 Å². The lowest BCUT2D eigenvalue weighted by Crippen LogP contribution is -2.21. The van der Waals surface area contributed by atoms with Gasteiger partial charge in [0.05, 0.1) is 6.54 Å². The van der Waals surface area contributed by atoms with Crippen LogP contribution < -0.4 is 11.1 Å². The topological polar surface area (TPSA) is 94.0 Å². The number of amides is 1. The van der Waals surface area contributed by atoms with Crippen LogP contribution in [0.2, 0.25) is 0 Å². The zero-order valence-electron chi connectivity index (χ0n) is 9.80. The van der Waals surface area contributed by atoms with E-state index in [2.05, 4.69) is 15.5 Å². The Morgan fingerprint density at radius 3 is 2.78 bits per heavy atom. The number of hydrogen-bond donors (Lipinski definition) is 2. The van der Waals surface area contributed by atoms with E-state index in [1.54, 1.807) is 0 Å². The first-order chi connectivity index (χ1) is 8.75. The van der Waals surface area contributed by atoms with Crippen molar-refractivity contribution >= 4 is 5.91 Å². The molecular formula is C12H14N4O2. The van der Waals surface area contributed by atoms with Crippen LogP contribution in [0, 0.1) is 0 Å². The van der Waals surface area contributed by atoms with Gasteiger partial charge in [-0.2, -0.15) is 0 Å². The van der Waals surface area contributed by atoms with Crippen molar-refractivity contribution in [3.63, 3.8) is 0 Å². The van der Waals surface area contributed by atoms with Gasteiger partial charge >= 0.3 is 0 Å². The van der Waals surface area contributed by atoms with Crippen molar-refractivity contribution in [3.05, 3.63) is 36.2 Å². The quantitative estimate of drug-likeness (QED) is 0.732. The first-order valence-corrected chi connectivity index (χ1v) is 5.62. The summed E-state index contributed by atoms with van der Waals surface area (Å²) in [5.41, 5.74) is 5.90. The second kappa shape index (κ2) is 5.92. The van der Waals surface area contributed by atoms with Crippen molar-refractivity contribution in [3.8, 4) is 11.5 Å². The molecule has 6 heteroatoms. The Hall–Kier alpha value is -2.21. The fraction of sp³-hybridized carbons (Fsp3) is 0.250. The lowest BCUT2D eigenvalue weighted by molar-refractivity contribution is -0.117. The summed E-state index contributed by atoms with van der Waals surface area (Å²) in [6.45, 7) is 0.922. The Morgan fingerprint density at radius 1 is 1.28 bits per heavy atom. The monoisotopic (exact) mass is 246 g/mol. The molecule has 1 aromatic carbocycles. The molecule has 0 spiro atoms. The number of aromatic nitrogens is 2. The first-order valence-electron chi connectivity index (χ1n) is 5.62. The summed E-state index contributed by atoms with van der Waals surface area (Å²) >= 11 is 0. The number of carbonyl (C=O) groups excluding carboxylic acids is 1. The number of carbonyl (C=O) groups is 1. The molecule has 18 heavy (non-hydrogen) atoms. The number of benzene rings is 1. The number of nitrogens with two attached hydrogens (primary N) is 1. The molecule has 0 fully saturated rings. The van der Waals surface area contributed by atoms with E-state index in [0.717, 1.165) is 5.56 Å². The molecule has 0 radical (unpaired) electrons. The van der Waals surface area contributed by atoms with E-state index < -0.39 is 0 Å². The van der Waals surface area contributed by atoms with Gasteiger partial charge in [0.25, 0.3) is 0 Å². The van der Waals surface area contributed by atoms with Crippen molar-refractivity contribution in [2.45, 2.75) is 13.0 Å². The largest absolute Gasteiger partial charge is 0.419 e. The zero-order valence-corrected chi connectivity index (χ0v) is 9.80. The normalized spacial score (nSPS) is 10.4. The highest BCUT2D eigenvalue weighted by Crippen LogP contribution is 2.16. The maximum absolute atomic E-state index is 10.5. The molecule has 3 N–H and O–H groups in total. The molecule has 0 saturated carbocycles. The summed E-state index contributed by atoms with van der Waals surface area (Å²) in [4.78, 5) is 10.5. The molecule has 94 valence electrons. The van der Waals surface area contributed by atoms with Crippen LogP contribution in [0.25, 0.3) is 11.5 Å². The Morgan fingerprint density at radius 2 is 2.06 bits per heavy atom. The van der Waals surface area contributed by atoms with Crippen LogP contribution in [0.4, 0.5) is 0 Å². The van der Waals surface area contributed by atoms with Gasteiger partial charge in [0.2, 0.25) is 17.7 Å². The fourth-order valence-corrected chi connectivity index (χ4v) is 1.43. The predicted molar refractivity (Wildman–Crippen MR) is 65.3 cm³/mol. The molecule has 0 aliphatic rings. The van der Waals surface area contributed by atoms with Gasteiger partial charge < -0.3 is 15.5 Å². The molecular weight excluding hydrogens is 232 g/mol. The van der Waals surface area contributed by atoms with Gasteiger partial charge in [0, 0.05) is 18.5 Å². The molecule has 2 rings (SSSR count). The molecule has 0 bridgehead atoms. The van der Waals surface area contributed by atoms with Gasteiger partial charge in [-0.1, -0.05) is 18.2 Å². The Labute approximate surface area is 104 Å². The lowest BCUT2D eigenvalue weighted by Gasteiger charge is -1.98. The summed E-state index contributed by atoms with van der Waals surface area (Å²) in [6.07, 6.45) is 0.291. The third-order valence-corrected chi connectivity index (χ3v) is 2.31. The zero-order chi connectivity index (χ0) is 12.8. The van der Waals surface area contributed by atoms with Gasteiger partial charge in [-0.3, -0.25) is 4.79 Å². The van der Waals surface area contributed by atoms with E-state index in [4.69, 9.17) is 10.2 Å². The van der Waals surface area contributed by atoms with E-state index in [1.807, 2.05) is 30.3 Å². The van der Waals surface area contributed by atoms with Gasteiger partial charge in [0.15, 0.2) is 0 Å². The lowest BCUT2D eigenvalue weighted by atomic mass is 10.2. The van der Waals surface area contributed by atoms with Crippen molar-refractivity contribution in [2.24, 2.45) is 5.73 Å². The second-order valence-electron chi connectivity index (χ2n) is 3.76. The highest BCUT2D eigenvalue weighted by molar-refractivity contribution is 5.73. The summed E-state index contributed by atoms with van der Waals surface area (Å²) in [6, 6.07) is 9.54. The van der Waals surface area contributed by atoms with Gasteiger partial charge in [0.1, 0.15) is 0 Å². The SMILES string of the molecule is NC(=O)CCNCc1nnc(-c2ccccc2)o1. The minimum Gasteiger partial charge on any atom is -0.419 e. The van der Waals surface area contributed by atoms with Crippen LogP contribution in [-0.2, 0) is 11.3 Å². The average Bonchev–Trinajstić information content (AvgIpc) is 2.84. The summed E-state index contributed by atoms with van der Waals surface area (Å²) in [7, 11) is 0. The number of hydrogen-bond acceptors (Lipinski definition) is 5. The number of nitrogens with one attached hydrogen (secondary N) is 1. The van der Waals surface area contributed by atoms with Crippen LogP contribution in [0.5, 0.6) is 0 Å². The van der Waals surface area contributed by atoms with Crippen LogP contribution in [0.3, 0.4) is 0 Å². The van der Waals surface area contributed by atoms with Crippen molar-refractivity contribution in [1.29, 1.82) is 0 Å². The number of nitrogens with zero attached hydrogens (tertiary/aromatic N) is 2. The van der Waals surface area contributed by atoms with Crippen molar-refractivity contribution in [2.75, 3.05) is 6.54 Å². The minimum absolute atomic E-state index is 0.291. The molecule has 1 heterocycles. The van der Waals surface area contributed by atoms with E-state index in [0.29, 0.717) is 31.3 Å². The van der Waals surface area contributed by atoms with Crippen molar-refractivity contribution < 1.29 is 9.21 Å². The standard InChI is InChI=1S/C12H14N4O2/c13-10(17)6-7-14-8-11-15-16-12(18-11)9-4-2-1-3-5-9/h1-5,14H,6-8H2,(H2,13,17). The maximum Gasteiger partial charge on any atom is 0.247 e. The minimum atomic E-state index is -0.335. The smallest absolute Gasteiger partial charge is 0.247 e. The first kappa shape index (κ1) is 12.3. The molecule has 0 atom stereocenters. The van der Waals surface area contributed by atoms with Gasteiger partial charge in [-0.25, -0.2) is 0 Å². The molecule has 1 amide bonds. The average molecular weight is 246 g/mol. The summed E-state index contributed by atoms with van der Waals surface area (Å²) in [5.74, 6) is 0.638. The third kappa shape index (κ3) is 3.39. The molecule has 0 aliphatic carbocycles. The predicted octanol–water partition coefficient (Wildman–Crippen LogP) is 0.702. The molecule has 6 nitrogen and oxygen atoms in total. The van der Waals surface area contributed by atoms with E-state index in [-0.39, 0.29) is 5.91 Å². The molecule has 0 saturated heterocycles. The van der Waals surface area contributed by atoms with Gasteiger partial charge in [-0.05, 0) is 12.1 Å². The number of rotatable bonds is 6. The Balaban J connectivity index is 1.89. The van der Waals surface area contributed by atoms with E-state index in [1.165, 1.54) is 0 Å². The second-order valence-corrected chi connectivity index (χ2v) is 3.76.